The first-order valence-electron chi connectivity index (χ1n) is 8.83. The molecular formula is C20H17Cl2F4NO2. The van der Waals surface area contributed by atoms with E-state index in [2.05, 4.69) is 0 Å². The highest BCUT2D eigenvalue weighted by molar-refractivity contribution is 6.36. The van der Waals surface area contributed by atoms with Crippen molar-refractivity contribution in [1.82, 2.24) is 4.90 Å². The Morgan fingerprint density at radius 3 is 2.38 bits per heavy atom. The molecule has 1 saturated heterocycles. The van der Waals surface area contributed by atoms with Crippen molar-refractivity contribution in [2.45, 2.75) is 31.5 Å². The van der Waals surface area contributed by atoms with Gasteiger partial charge in [0, 0.05) is 29.6 Å². The van der Waals surface area contributed by atoms with E-state index in [1.807, 2.05) is 0 Å². The van der Waals surface area contributed by atoms with E-state index < -0.39 is 23.7 Å². The first-order valence-corrected chi connectivity index (χ1v) is 9.58. The maximum absolute atomic E-state index is 14.2. The summed E-state index contributed by atoms with van der Waals surface area (Å²) in [5, 5.41) is 9.25. The lowest BCUT2D eigenvalue weighted by Crippen LogP contribution is -2.31. The lowest BCUT2D eigenvalue weighted by molar-refractivity contribution is -0.137. The van der Waals surface area contributed by atoms with Crippen molar-refractivity contribution in [3.63, 3.8) is 0 Å². The molecule has 1 heterocycles. The van der Waals surface area contributed by atoms with Gasteiger partial charge in [-0.25, -0.2) is 4.39 Å². The third kappa shape index (κ3) is 5.21. The normalized spacial score (nSPS) is 17.1. The number of halogens is 6. The van der Waals surface area contributed by atoms with Gasteiger partial charge in [0.15, 0.2) is 0 Å². The number of likely N-dealkylation sites (tertiary alicyclic amines) is 1. The van der Waals surface area contributed by atoms with Gasteiger partial charge in [-0.15, -0.1) is 0 Å². The zero-order chi connectivity index (χ0) is 21.3. The Hall–Kier alpha value is -1.83. The highest BCUT2D eigenvalue weighted by Crippen LogP contribution is 2.36. The van der Waals surface area contributed by atoms with Crippen LogP contribution >= 0.6 is 23.2 Å². The highest BCUT2D eigenvalue weighted by Gasteiger charge is 2.32. The fourth-order valence-corrected chi connectivity index (χ4v) is 3.88. The summed E-state index contributed by atoms with van der Waals surface area (Å²) >= 11 is 12.0. The minimum Gasteiger partial charge on any atom is -0.391 e. The molecule has 0 radical (unpaired) electrons. The number of carbonyl (C=O) groups is 1. The molecule has 156 valence electrons. The van der Waals surface area contributed by atoms with Crippen LogP contribution in [-0.2, 0) is 23.8 Å². The number of hydrogen-bond acceptors (Lipinski definition) is 2. The van der Waals surface area contributed by atoms with Gasteiger partial charge in [-0.1, -0.05) is 35.3 Å². The van der Waals surface area contributed by atoms with E-state index in [0.29, 0.717) is 18.5 Å². The minimum atomic E-state index is -4.57. The van der Waals surface area contributed by atoms with Crippen molar-refractivity contribution in [1.29, 1.82) is 0 Å². The number of aliphatic hydroxyl groups excluding tert-OH is 1. The molecule has 2 aromatic carbocycles. The number of amides is 1. The largest absolute Gasteiger partial charge is 0.416 e. The topological polar surface area (TPSA) is 40.5 Å². The van der Waals surface area contributed by atoms with Crippen LogP contribution in [0.2, 0.25) is 10.0 Å². The number of carbonyl (C=O) groups excluding carboxylic acids is 1. The second-order valence-corrected chi connectivity index (χ2v) is 7.79. The van der Waals surface area contributed by atoms with Crippen LogP contribution in [0.4, 0.5) is 17.6 Å². The Morgan fingerprint density at radius 1 is 1.17 bits per heavy atom. The third-order valence-electron chi connectivity index (χ3n) is 4.82. The van der Waals surface area contributed by atoms with Crippen molar-refractivity contribution in [3.05, 3.63) is 68.4 Å². The summed E-state index contributed by atoms with van der Waals surface area (Å²) in [4.78, 5) is 13.8. The van der Waals surface area contributed by atoms with Crippen molar-refractivity contribution in [3.8, 4) is 0 Å². The van der Waals surface area contributed by atoms with E-state index in [0.717, 1.165) is 12.1 Å². The molecule has 0 aromatic heterocycles. The molecule has 1 fully saturated rings. The first-order chi connectivity index (χ1) is 13.5. The van der Waals surface area contributed by atoms with E-state index >= 15 is 0 Å². The number of aliphatic hydroxyl groups is 1. The third-order valence-corrected chi connectivity index (χ3v) is 5.49. The van der Waals surface area contributed by atoms with Gasteiger partial charge in [0.05, 0.1) is 18.1 Å². The molecule has 0 bridgehead atoms. The summed E-state index contributed by atoms with van der Waals surface area (Å²) in [7, 11) is 0. The summed E-state index contributed by atoms with van der Waals surface area (Å²) in [5.41, 5.74) is 0.0505. The minimum absolute atomic E-state index is 0.0830. The lowest BCUT2D eigenvalue weighted by Gasteiger charge is -2.16. The standard InChI is InChI=1S/C20H17Cl2F4NO2/c21-16-8-13(20(24,25)26)9-17(22)15(16)6-11-1-2-18(23)12(5-11)7-19(29)27-4-3-14(28)10-27/h1-2,5,8-9,14,28H,3-4,6-7,10H2. The van der Waals surface area contributed by atoms with Crippen molar-refractivity contribution < 1.29 is 27.5 Å². The molecule has 1 N–H and O–H groups in total. The molecule has 9 heteroatoms. The van der Waals surface area contributed by atoms with Gasteiger partial charge >= 0.3 is 6.18 Å². The Balaban J connectivity index is 1.81. The number of β-amino-alcohol motifs (C(OH)–C–C–N with tert-alkyl or cyclic N) is 1. The molecule has 0 saturated carbocycles. The number of benzene rings is 2. The molecule has 3 rings (SSSR count). The fourth-order valence-electron chi connectivity index (χ4n) is 3.26. The predicted molar refractivity (Wildman–Crippen MR) is 102 cm³/mol. The first kappa shape index (κ1) is 21.9. The summed E-state index contributed by atoms with van der Waals surface area (Å²) in [6, 6.07) is 5.74. The van der Waals surface area contributed by atoms with E-state index in [4.69, 9.17) is 23.2 Å². The molecular weight excluding hydrogens is 433 g/mol. The predicted octanol–water partition coefficient (Wildman–Crippen LogP) is 4.88. The summed E-state index contributed by atoms with van der Waals surface area (Å²) in [6.45, 7) is 0.634. The monoisotopic (exact) mass is 449 g/mol. The Labute approximate surface area is 174 Å². The molecule has 0 spiro atoms. The number of rotatable bonds is 4. The van der Waals surface area contributed by atoms with Crippen LogP contribution in [0.3, 0.4) is 0 Å². The molecule has 1 aliphatic heterocycles. The average Bonchev–Trinajstić information content (AvgIpc) is 3.06. The molecule has 29 heavy (non-hydrogen) atoms. The SMILES string of the molecule is O=C(Cc1cc(Cc2c(Cl)cc(C(F)(F)F)cc2Cl)ccc1F)N1CCC(O)C1. The molecule has 1 aliphatic rings. The fraction of sp³-hybridized carbons (Fsp3) is 0.350. The molecule has 1 amide bonds. The molecule has 1 unspecified atom stereocenters. The maximum Gasteiger partial charge on any atom is 0.416 e. The summed E-state index contributed by atoms with van der Waals surface area (Å²) in [6.07, 6.45) is -4.75. The van der Waals surface area contributed by atoms with Crippen LogP contribution in [0.5, 0.6) is 0 Å². The van der Waals surface area contributed by atoms with Gasteiger partial charge in [-0.05, 0) is 41.3 Å². The second-order valence-electron chi connectivity index (χ2n) is 6.98. The Bertz CT molecular complexity index is 910. The van der Waals surface area contributed by atoms with Gasteiger partial charge in [0.1, 0.15) is 5.82 Å². The van der Waals surface area contributed by atoms with Crippen molar-refractivity contribution in [2.24, 2.45) is 0 Å². The maximum atomic E-state index is 14.2. The molecule has 1 atom stereocenters. The van der Waals surface area contributed by atoms with Gasteiger partial charge in [0.2, 0.25) is 5.91 Å². The quantitative estimate of drug-likeness (QED) is 0.675. The van der Waals surface area contributed by atoms with Gasteiger partial charge in [-0.2, -0.15) is 13.2 Å². The smallest absolute Gasteiger partial charge is 0.391 e. The van der Waals surface area contributed by atoms with E-state index in [1.165, 1.54) is 23.1 Å². The summed E-state index contributed by atoms with van der Waals surface area (Å²) in [5.74, 6) is -0.866. The summed E-state index contributed by atoms with van der Waals surface area (Å²) < 4.78 is 52.8. The molecule has 3 nitrogen and oxygen atoms in total. The zero-order valence-electron chi connectivity index (χ0n) is 15.1. The van der Waals surface area contributed by atoms with Crippen LogP contribution in [0.25, 0.3) is 0 Å². The molecule has 2 aromatic rings. The van der Waals surface area contributed by atoms with Gasteiger partial charge < -0.3 is 10.0 Å². The number of alkyl halides is 3. The van der Waals surface area contributed by atoms with E-state index in [-0.39, 0.29) is 46.5 Å². The highest BCUT2D eigenvalue weighted by atomic mass is 35.5. The average molecular weight is 450 g/mol. The van der Waals surface area contributed by atoms with E-state index in [1.54, 1.807) is 0 Å². The Morgan fingerprint density at radius 2 is 1.83 bits per heavy atom. The van der Waals surface area contributed by atoms with Crippen molar-refractivity contribution >= 4 is 29.1 Å². The number of hydrogen-bond donors (Lipinski definition) is 1. The van der Waals surface area contributed by atoms with Crippen LogP contribution in [0.15, 0.2) is 30.3 Å². The van der Waals surface area contributed by atoms with Crippen LogP contribution in [0, 0.1) is 5.82 Å². The van der Waals surface area contributed by atoms with Crippen molar-refractivity contribution in [2.75, 3.05) is 13.1 Å². The molecule has 0 aliphatic carbocycles. The second kappa shape index (κ2) is 8.50. The lowest BCUT2D eigenvalue weighted by atomic mass is 9.99. The Kier molecular flexibility index (Phi) is 6.41. The number of nitrogens with zero attached hydrogens (tertiary/aromatic N) is 1. The van der Waals surface area contributed by atoms with Gasteiger partial charge in [0.25, 0.3) is 0 Å². The van der Waals surface area contributed by atoms with Crippen LogP contribution in [-0.4, -0.2) is 35.1 Å². The van der Waals surface area contributed by atoms with Gasteiger partial charge in [-0.3, -0.25) is 4.79 Å². The van der Waals surface area contributed by atoms with E-state index in [9.17, 15) is 27.5 Å². The zero-order valence-corrected chi connectivity index (χ0v) is 16.6. The van der Waals surface area contributed by atoms with Crippen LogP contribution in [0.1, 0.15) is 28.7 Å². The van der Waals surface area contributed by atoms with Crippen LogP contribution < -0.4 is 0 Å².